The Balaban J connectivity index is 1.45. The van der Waals surface area contributed by atoms with Gasteiger partial charge in [-0.25, -0.2) is 0 Å². The number of ether oxygens (including phenoxy) is 1. The van der Waals surface area contributed by atoms with Crippen molar-refractivity contribution in [2.24, 2.45) is 5.92 Å². The van der Waals surface area contributed by atoms with E-state index in [2.05, 4.69) is 23.8 Å². The minimum absolute atomic E-state index is 0.240. The largest absolute Gasteiger partial charge is 0.497 e. The average molecular weight is 360 g/mol. The highest BCUT2D eigenvalue weighted by Crippen LogP contribution is 2.22. The predicted octanol–water partition coefficient (Wildman–Crippen LogP) is 2.11. The number of rotatable bonds is 5. The minimum Gasteiger partial charge on any atom is -0.497 e. The number of amides is 1. The van der Waals surface area contributed by atoms with Crippen molar-refractivity contribution in [3.63, 3.8) is 0 Å². The van der Waals surface area contributed by atoms with Crippen molar-refractivity contribution in [1.29, 1.82) is 0 Å². The second-order valence-electron chi connectivity index (χ2n) is 7.96. The van der Waals surface area contributed by atoms with Crippen LogP contribution in [0.15, 0.2) is 24.3 Å². The summed E-state index contributed by atoms with van der Waals surface area (Å²) in [6.45, 7) is 8.83. The van der Waals surface area contributed by atoms with Crippen LogP contribution in [0.3, 0.4) is 0 Å². The molecule has 144 valence electrons. The summed E-state index contributed by atoms with van der Waals surface area (Å²) in [5, 5.41) is 0. The van der Waals surface area contributed by atoms with Crippen molar-refractivity contribution in [2.75, 3.05) is 53.4 Å². The molecule has 2 heterocycles. The van der Waals surface area contributed by atoms with Crippen LogP contribution >= 0.6 is 0 Å². The molecule has 1 aromatic carbocycles. The van der Waals surface area contributed by atoms with Gasteiger partial charge in [0.25, 0.3) is 0 Å². The van der Waals surface area contributed by atoms with Crippen LogP contribution in [0, 0.1) is 5.92 Å². The lowest BCUT2D eigenvalue weighted by Crippen LogP contribution is -2.52. The zero-order valence-corrected chi connectivity index (χ0v) is 16.5. The molecule has 0 spiro atoms. The molecule has 2 aliphatic heterocycles. The summed E-state index contributed by atoms with van der Waals surface area (Å²) in [6, 6.07) is 8.46. The number of carbonyl (C=O) groups excluding carboxylic acids is 1. The van der Waals surface area contributed by atoms with Crippen LogP contribution in [-0.2, 0) is 11.2 Å². The van der Waals surface area contributed by atoms with E-state index >= 15 is 0 Å². The second kappa shape index (κ2) is 8.87. The minimum atomic E-state index is 0.240. The number of nitrogens with zero attached hydrogens (tertiary/aromatic N) is 3. The lowest BCUT2D eigenvalue weighted by molar-refractivity contribution is -0.132. The number of likely N-dealkylation sites (N-methyl/N-ethyl adjacent to an activating group) is 1. The van der Waals surface area contributed by atoms with Crippen molar-refractivity contribution in [3.8, 4) is 5.75 Å². The maximum Gasteiger partial charge on any atom is 0.226 e. The Morgan fingerprint density at radius 2 is 1.96 bits per heavy atom. The number of methoxy groups -OCH3 is 1. The Hall–Kier alpha value is -1.59. The number of hydrogen-bond donors (Lipinski definition) is 0. The summed E-state index contributed by atoms with van der Waals surface area (Å²) in [6.07, 6.45) is 2.73. The first-order chi connectivity index (χ1) is 12.5. The van der Waals surface area contributed by atoms with Gasteiger partial charge in [-0.15, -0.1) is 0 Å². The highest BCUT2D eigenvalue weighted by Gasteiger charge is 2.27. The van der Waals surface area contributed by atoms with Crippen molar-refractivity contribution >= 4 is 5.91 Å². The first kappa shape index (κ1) is 19.2. The van der Waals surface area contributed by atoms with Gasteiger partial charge in [-0.1, -0.05) is 12.1 Å². The highest BCUT2D eigenvalue weighted by atomic mass is 16.5. The lowest BCUT2D eigenvalue weighted by Gasteiger charge is -2.41. The third-order valence-corrected chi connectivity index (χ3v) is 5.92. The van der Waals surface area contributed by atoms with E-state index in [1.165, 1.54) is 19.6 Å². The quantitative estimate of drug-likeness (QED) is 0.807. The van der Waals surface area contributed by atoms with E-state index in [1.807, 2.05) is 29.2 Å². The van der Waals surface area contributed by atoms with Crippen LogP contribution in [0.5, 0.6) is 5.75 Å². The third-order valence-electron chi connectivity index (χ3n) is 5.92. The van der Waals surface area contributed by atoms with Crippen molar-refractivity contribution in [3.05, 3.63) is 29.8 Å². The Bertz CT molecular complexity index is 599. The number of piperidine rings is 1. The second-order valence-corrected chi connectivity index (χ2v) is 7.96. The van der Waals surface area contributed by atoms with Gasteiger partial charge in [0.15, 0.2) is 0 Å². The van der Waals surface area contributed by atoms with E-state index in [1.54, 1.807) is 7.11 Å². The molecule has 3 rings (SSSR count). The van der Waals surface area contributed by atoms with Gasteiger partial charge in [0.2, 0.25) is 5.91 Å². The van der Waals surface area contributed by atoms with Crippen LogP contribution in [-0.4, -0.2) is 80.1 Å². The fourth-order valence-corrected chi connectivity index (χ4v) is 4.21. The predicted molar refractivity (Wildman–Crippen MR) is 105 cm³/mol. The van der Waals surface area contributed by atoms with E-state index in [4.69, 9.17) is 4.74 Å². The molecule has 1 amide bonds. The molecule has 1 atom stereocenters. The fourth-order valence-electron chi connectivity index (χ4n) is 4.21. The molecule has 5 nitrogen and oxygen atoms in total. The molecule has 1 aromatic rings. The van der Waals surface area contributed by atoms with Crippen LogP contribution < -0.4 is 4.74 Å². The Morgan fingerprint density at radius 3 is 2.65 bits per heavy atom. The van der Waals surface area contributed by atoms with Gasteiger partial charge in [0.1, 0.15) is 5.75 Å². The normalized spacial score (nSPS) is 23.2. The summed E-state index contributed by atoms with van der Waals surface area (Å²) in [7, 11) is 3.87. The lowest BCUT2D eigenvalue weighted by atomic mass is 9.94. The van der Waals surface area contributed by atoms with Crippen molar-refractivity contribution in [2.45, 2.75) is 32.2 Å². The number of benzene rings is 1. The van der Waals surface area contributed by atoms with E-state index in [9.17, 15) is 4.79 Å². The van der Waals surface area contributed by atoms with Crippen molar-refractivity contribution in [1.82, 2.24) is 14.7 Å². The molecule has 0 bridgehead atoms. The Labute approximate surface area is 157 Å². The van der Waals surface area contributed by atoms with Crippen molar-refractivity contribution < 1.29 is 9.53 Å². The number of piperazine rings is 1. The topological polar surface area (TPSA) is 36.0 Å². The summed E-state index contributed by atoms with van der Waals surface area (Å²) in [4.78, 5) is 19.7. The van der Waals surface area contributed by atoms with Gasteiger partial charge in [0, 0.05) is 45.3 Å². The molecule has 0 N–H and O–H groups in total. The van der Waals surface area contributed by atoms with E-state index < -0.39 is 0 Å². The number of carbonyl (C=O) groups is 1. The molecule has 2 fully saturated rings. The Morgan fingerprint density at radius 1 is 1.19 bits per heavy atom. The highest BCUT2D eigenvalue weighted by molar-refractivity contribution is 5.79. The molecule has 0 aromatic heterocycles. The van der Waals surface area contributed by atoms with Crippen LogP contribution in [0.1, 0.15) is 25.3 Å². The SMILES string of the molecule is COc1cccc(CC(=O)N2CCC(CN3CCN(C)C[C@H]3C)CC2)c1. The van der Waals surface area contributed by atoms with Gasteiger partial charge in [-0.3, -0.25) is 9.69 Å². The summed E-state index contributed by atoms with van der Waals surface area (Å²) in [5.41, 5.74) is 1.03. The van der Waals surface area contributed by atoms with Gasteiger partial charge in [0.05, 0.1) is 13.5 Å². The molecular weight excluding hydrogens is 326 g/mol. The molecule has 2 saturated heterocycles. The fraction of sp³-hybridized carbons (Fsp3) is 0.667. The van der Waals surface area contributed by atoms with Crippen LogP contribution in [0.25, 0.3) is 0 Å². The van der Waals surface area contributed by atoms with E-state index in [0.717, 1.165) is 49.7 Å². The van der Waals surface area contributed by atoms with Gasteiger partial charge >= 0.3 is 0 Å². The third kappa shape index (κ3) is 4.98. The Kier molecular flexibility index (Phi) is 6.54. The van der Waals surface area contributed by atoms with Crippen LogP contribution in [0.4, 0.5) is 0 Å². The van der Waals surface area contributed by atoms with E-state index in [-0.39, 0.29) is 5.91 Å². The maximum atomic E-state index is 12.6. The smallest absolute Gasteiger partial charge is 0.226 e. The van der Waals surface area contributed by atoms with Gasteiger partial charge < -0.3 is 14.5 Å². The molecule has 5 heteroatoms. The van der Waals surface area contributed by atoms with E-state index in [0.29, 0.717) is 12.5 Å². The van der Waals surface area contributed by atoms with Gasteiger partial charge in [-0.2, -0.15) is 0 Å². The first-order valence-corrected chi connectivity index (χ1v) is 9.88. The molecule has 0 radical (unpaired) electrons. The maximum absolute atomic E-state index is 12.6. The monoisotopic (exact) mass is 359 g/mol. The number of likely N-dealkylation sites (tertiary alicyclic amines) is 1. The molecule has 26 heavy (non-hydrogen) atoms. The zero-order valence-electron chi connectivity index (χ0n) is 16.5. The first-order valence-electron chi connectivity index (χ1n) is 9.88. The zero-order chi connectivity index (χ0) is 18.5. The summed E-state index contributed by atoms with van der Waals surface area (Å²) < 4.78 is 5.25. The van der Waals surface area contributed by atoms with Gasteiger partial charge in [-0.05, 0) is 50.4 Å². The number of hydrogen-bond acceptors (Lipinski definition) is 4. The average Bonchev–Trinajstić information content (AvgIpc) is 2.64. The summed E-state index contributed by atoms with van der Waals surface area (Å²) >= 11 is 0. The standard InChI is InChI=1S/C21H33N3O2/c1-17-15-22(2)11-12-24(17)16-18-7-9-23(10-8-18)21(25)14-19-5-4-6-20(13-19)26-3/h4-6,13,17-18H,7-12,14-16H2,1-3H3/t17-/m1/s1. The molecular formula is C21H33N3O2. The summed E-state index contributed by atoms with van der Waals surface area (Å²) in [5.74, 6) is 1.78. The molecule has 0 saturated carbocycles. The molecule has 2 aliphatic rings. The molecule has 0 unspecified atom stereocenters. The van der Waals surface area contributed by atoms with Crippen LogP contribution in [0.2, 0.25) is 0 Å². The molecule has 0 aliphatic carbocycles.